The van der Waals surface area contributed by atoms with E-state index < -0.39 is 0 Å². The maximum Gasteiger partial charge on any atom is 0.246 e. The Labute approximate surface area is 758 Å². The lowest BCUT2D eigenvalue weighted by atomic mass is 9.95. The number of pyridine rings is 3. The number of aromatic nitrogens is 3. The van der Waals surface area contributed by atoms with E-state index in [4.69, 9.17) is 33.9 Å². The zero-order valence-corrected chi connectivity index (χ0v) is 76.1. The zero-order chi connectivity index (χ0) is 91.7. The summed E-state index contributed by atoms with van der Waals surface area (Å²) in [5.74, 6) is 0.464. The molecule has 0 bridgehead atoms. The van der Waals surface area contributed by atoms with Gasteiger partial charge in [0.05, 0.1) is 123 Å². The highest BCUT2D eigenvalue weighted by Gasteiger charge is 2.41. The molecule has 9 heterocycles. The Morgan fingerprint density at radius 2 is 0.767 bits per heavy atom. The van der Waals surface area contributed by atoms with Crippen LogP contribution < -0.4 is 43.6 Å². The van der Waals surface area contributed by atoms with Gasteiger partial charge < -0.3 is 72.8 Å². The first-order valence-electron chi connectivity index (χ1n) is 44.4. The number of carbonyl (C=O) groups excluding carboxylic acids is 3. The van der Waals surface area contributed by atoms with Gasteiger partial charge in [-0.2, -0.15) is 31.6 Å². The van der Waals surface area contributed by atoms with Gasteiger partial charge in [0.25, 0.3) is 0 Å². The second-order valence-electron chi connectivity index (χ2n) is 34.5. The second kappa shape index (κ2) is 42.2. The molecule has 6 aliphatic heterocycles. The standard InChI is InChI=1S/C35H41N7O3.C35H41N7O2.C32H34N6O2/c1-5-32(43)42-17-16-41(23-27(42)12-14-36)34-28-13-15-40(31-11-7-10-26-9-6-8-25(2)33(26)31)24-30(28)38-35(29(34)22-37)45-21-19-39(3)18-20-44-4;1-7-31(43)42-19-18-41(21-26(42)14-16-36)33-27-15-17-40(30-13-9-12-25-11-8-10-24(2)32(25)30)22-29(27)38-34(28(33)20-37)44-23-35(3,4)39(5)6;1-4-18-40-32-26(19-34)31(37-16-17-38(29(39)5-2)24(20-37)12-14-33)25-13-15-36(21-27(25)35-32)28-11-7-10-23-9-6-8-22(3)30(23)28/h5-11,27H,1,12-13,15-21,23-24H2,2-4H3;7-13,26H,1,14-15,17-19,21-23H2,2-6H3;5-11,24H,2,4,12-13,15-18,20-21H2,1,3H3/t27-;26-;24-/m000/s1. The van der Waals surface area contributed by atoms with Gasteiger partial charge in [0.2, 0.25) is 35.4 Å². The van der Waals surface area contributed by atoms with Gasteiger partial charge in [-0.15, -0.1) is 0 Å². The molecule has 0 spiro atoms. The second-order valence-corrected chi connectivity index (χ2v) is 34.5. The first-order valence-corrected chi connectivity index (χ1v) is 44.4. The van der Waals surface area contributed by atoms with Gasteiger partial charge in [0.15, 0.2) is 0 Å². The van der Waals surface area contributed by atoms with Crippen molar-refractivity contribution in [3.05, 3.63) is 214 Å². The van der Waals surface area contributed by atoms with Crippen LogP contribution in [0.25, 0.3) is 32.3 Å². The van der Waals surface area contributed by atoms with Crippen molar-refractivity contribution in [2.75, 3.05) is 176 Å². The largest absolute Gasteiger partial charge is 0.477 e. The van der Waals surface area contributed by atoms with E-state index in [1.807, 2.05) is 28.1 Å². The SMILES string of the molecule is C=CC(=O)N1CCN(c2c(C#N)c(OCC(C)(C)N(C)C)nc3c2CCN(c2cccc4cccc(C)c24)C3)C[C@@H]1CC#N.C=CC(=O)N1CCN(c2c(C#N)c(OCCC)nc3c2CCN(c2cccc4cccc(C)c24)C3)C[C@@H]1CC#N.C=CC(=O)N1CCN(c2c(C#N)c(OCCN(C)CCOC)nc3c2CCN(c2cccc4cccc(C)c24)C3)C[C@@H]1CC#N. The number of hydrogen-bond donors (Lipinski definition) is 0. The van der Waals surface area contributed by atoms with Gasteiger partial charge in [0.1, 0.15) is 48.1 Å². The molecule has 3 atom stereocenters. The Hall–Kier alpha value is -13.8. The van der Waals surface area contributed by atoms with Crippen molar-refractivity contribution in [1.82, 2.24) is 39.5 Å². The number of hydrogen-bond acceptors (Lipinski definition) is 24. The molecular formula is C102H116N20O7. The molecule has 27 nitrogen and oxygen atoms in total. The lowest BCUT2D eigenvalue weighted by molar-refractivity contribution is -0.129. The summed E-state index contributed by atoms with van der Waals surface area (Å²) in [7, 11) is 7.69. The van der Waals surface area contributed by atoms with E-state index in [0.717, 1.165) is 95.5 Å². The summed E-state index contributed by atoms with van der Waals surface area (Å²) in [5, 5.41) is 67.4. The number of aryl methyl sites for hydroxylation is 3. The van der Waals surface area contributed by atoms with E-state index in [-0.39, 0.29) is 60.6 Å². The summed E-state index contributed by atoms with van der Waals surface area (Å²) in [5.41, 5.74) is 16.4. The van der Waals surface area contributed by atoms with Crippen LogP contribution in [0.3, 0.4) is 0 Å². The number of nitrogens with zero attached hydrogens (tertiary/aromatic N) is 20. The first-order chi connectivity index (χ1) is 62.5. The molecular weight excluding hydrogens is 1620 g/mol. The molecule has 0 aliphatic carbocycles. The molecule has 0 N–H and O–H groups in total. The number of benzene rings is 6. The van der Waals surface area contributed by atoms with Gasteiger partial charge in [-0.1, -0.05) is 118 Å². The van der Waals surface area contributed by atoms with Crippen LogP contribution in [-0.4, -0.2) is 227 Å². The van der Waals surface area contributed by atoms with Gasteiger partial charge >= 0.3 is 0 Å². The Kier molecular flexibility index (Phi) is 30.4. The monoisotopic (exact) mass is 1730 g/mol. The van der Waals surface area contributed by atoms with Crippen molar-refractivity contribution in [1.29, 1.82) is 31.6 Å². The van der Waals surface area contributed by atoms with Crippen LogP contribution in [0, 0.1) is 88.8 Å². The van der Waals surface area contributed by atoms with E-state index in [0.29, 0.717) is 159 Å². The quantitative estimate of drug-likeness (QED) is 0.0455. The number of rotatable bonds is 26. The van der Waals surface area contributed by atoms with Crippen molar-refractivity contribution in [2.45, 2.75) is 130 Å². The van der Waals surface area contributed by atoms with Crippen LogP contribution >= 0.6 is 0 Å². The Balaban J connectivity index is 0.000000165. The number of likely N-dealkylation sites (N-methyl/N-ethyl adjacent to an activating group) is 2. The van der Waals surface area contributed by atoms with Crippen molar-refractivity contribution in [3.8, 4) is 54.1 Å². The van der Waals surface area contributed by atoms with Crippen LogP contribution in [0.2, 0.25) is 0 Å². The van der Waals surface area contributed by atoms with Crippen LogP contribution in [0.15, 0.2) is 147 Å². The average Bonchev–Trinajstić information content (AvgIpc) is 0.756. The summed E-state index contributed by atoms with van der Waals surface area (Å²) in [6.45, 7) is 35.1. The first kappa shape index (κ1) is 92.9. The predicted molar refractivity (Wildman–Crippen MR) is 506 cm³/mol. The third-order valence-electron chi connectivity index (χ3n) is 25.9. The summed E-state index contributed by atoms with van der Waals surface area (Å²) < 4.78 is 23.9. The van der Waals surface area contributed by atoms with Crippen LogP contribution in [0.4, 0.5) is 34.1 Å². The number of ether oxygens (including phenoxy) is 4. The number of nitriles is 6. The van der Waals surface area contributed by atoms with E-state index in [2.05, 4.69) is 239 Å². The van der Waals surface area contributed by atoms with Gasteiger partial charge in [-0.25, -0.2) is 15.0 Å². The minimum Gasteiger partial charge on any atom is -0.477 e. The molecule has 3 aromatic heterocycles. The molecule has 27 heteroatoms. The number of anilines is 6. The van der Waals surface area contributed by atoms with E-state index >= 15 is 0 Å². The fourth-order valence-electron chi connectivity index (χ4n) is 18.7. The normalized spacial score (nSPS) is 16.6. The molecule has 9 aromatic rings. The summed E-state index contributed by atoms with van der Waals surface area (Å²) in [6, 6.07) is 51.4. The maximum atomic E-state index is 12.6. The lowest BCUT2D eigenvalue weighted by Gasteiger charge is -2.43. The third kappa shape index (κ3) is 20.1. The number of amides is 3. The van der Waals surface area contributed by atoms with Gasteiger partial charge in [0, 0.05) is 154 Å². The molecule has 15 rings (SSSR count). The van der Waals surface area contributed by atoms with Crippen molar-refractivity contribution >= 4 is 84.2 Å². The predicted octanol–water partition coefficient (Wildman–Crippen LogP) is 13.7. The van der Waals surface area contributed by atoms with Crippen LogP contribution in [0.1, 0.15) is 114 Å². The van der Waals surface area contributed by atoms with E-state index in [9.17, 15) is 46.0 Å². The fraction of sp³-hybridized carbons (Fsp3) is 0.412. The maximum absolute atomic E-state index is 12.6. The van der Waals surface area contributed by atoms with Crippen molar-refractivity contribution in [2.24, 2.45) is 0 Å². The average molecular weight is 1730 g/mol. The topological polar surface area (TPSA) is 305 Å². The fourth-order valence-corrected chi connectivity index (χ4v) is 18.7. The Bertz CT molecular complexity index is 5970. The third-order valence-corrected chi connectivity index (χ3v) is 25.9. The molecule has 129 heavy (non-hydrogen) atoms. The number of methoxy groups -OCH3 is 1. The van der Waals surface area contributed by atoms with Crippen molar-refractivity contribution in [3.63, 3.8) is 0 Å². The minimum absolute atomic E-state index is 0.176. The lowest BCUT2D eigenvalue weighted by Crippen LogP contribution is -2.55. The van der Waals surface area contributed by atoms with Crippen LogP contribution in [0.5, 0.6) is 17.6 Å². The van der Waals surface area contributed by atoms with Gasteiger partial charge in [-0.05, 0) is 151 Å². The van der Waals surface area contributed by atoms with Crippen molar-refractivity contribution < 1.29 is 33.3 Å². The number of carbonyl (C=O) groups is 3. The molecule has 0 saturated carbocycles. The molecule has 6 aliphatic rings. The molecule has 6 aromatic carbocycles. The highest BCUT2D eigenvalue weighted by atomic mass is 16.5. The minimum atomic E-state index is -0.317. The summed E-state index contributed by atoms with van der Waals surface area (Å²) in [6.07, 6.45) is 7.41. The summed E-state index contributed by atoms with van der Waals surface area (Å²) in [4.78, 5) is 75.6. The number of piperazine rings is 3. The summed E-state index contributed by atoms with van der Waals surface area (Å²) >= 11 is 0. The zero-order valence-electron chi connectivity index (χ0n) is 76.1. The van der Waals surface area contributed by atoms with E-state index in [1.165, 1.54) is 78.6 Å². The van der Waals surface area contributed by atoms with E-state index in [1.54, 1.807) is 21.8 Å². The number of fused-ring (bicyclic) bond motifs is 6. The molecule has 0 unspecified atom stereocenters. The Morgan fingerprint density at radius 3 is 1.07 bits per heavy atom. The molecule has 3 saturated heterocycles. The molecule has 0 radical (unpaired) electrons. The molecule has 3 fully saturated rings. The smallest absolute Gasteiger partial charge is 0.246 e. The highest BCUT2D eigenvalue weighted by Crippen LogP contribution is 2.45. The highest BCUT2D eigenvalue weighted by molar-refractivity contribution is 6.00. The molecule has 3 amide bonds. The van der Waals surface area contributed by atoms with Gasteiger partial charge in [-0.3, -0.25) is 14.4 Å². The molecule has 666 valence electrons. The Morgan fingerprint density at radius 1 is 0.450 bits per heavy atom. The van der Waals surface area contributed by atoms with Crippen LogP contribution in [-0.2, 0) is 58.0 Å².